The molecule has 9 nitrogen and oxygen atoms in total. The summed E-state index contributed by atoms with van der Waals surface area (Å²) in [5.74, 6) is -2.00. The Kier molecular flexibility index (Phi) is 63.6. The maximum absolute atomic E-state index is 12.9. The van der Waals surface area contributed by atoms with E-state index in [1.54, 1.807) is 0 Å². The van der Waals surface area contributed by atoms with Gasteiger partial charge in [-0.15, -0.1) is 0 Å². The third kappa shape index (κ3) is 66.5. The van der Waals surface area contributed by atoms with Gasteiger partial charge in [0.15, 0.2) is 6.10 Å². The molecule has 0 aromatic heterocycles. The Morgan fingerprint density at radius 3 is 1.01 bits per heavy atom. The van der Waals surface area contributed by atoms with Gasteiger partial charge < -0.3 is 28.5 Å². The monoisotopic (exact) mass is 1180 g/mol. The maximum Gasteiger partial charge on any atom is 0.361 e. The first kappa shape index (κ1) is 81.0. The van der Waals surface area contributed by atoms with Gasteiger partial charge in [0.2, 0.25) is 0 Å². The van der Waals surface area contributed by atoms with E-state index in [-0.39, 0.29) is 32.2 Å². The number of carbonyl (C=O) groups is 3. The Morgan fingerprint density at radius 1 is 0.369 bits per heavy atom. The van der Waals surface area contributed by atoms with Crippen LogP contribution in [0.25, 0.3) is 0 Å². The maximum atomic E-state index is 12.9. The van der Waals surface area contributed by atoms with E-state index in [1.165, 1.54) is 231 Å². The smallest absolute Gasteiger partial charge is 0.361 e. The first-order valence-electron chi connectivity index (χ1n) is 36.0. The summed E-state index contributed by atoms with van der Waals surface area (Å²) in [5, 5.41) is 9.74. The molecule has 0 amide bonds. The highest BCUT2D eigenvalue weighted by atomic mass is 16.7. The van der Waals surface area contributed by atoms with Crippen molar-refractivity contribution in [2.75, 3.05) is 47.5 Å². The number of allylic oxidation sites excluding steroid dienone is 10. The molecule has 490 valence electrons. The van der Waals surface area contributed by atoms with E-state index >= 15 is 0 Å². The second-order valence-electron chi connectivity index (χ2n) is 25.5. The van der Waals surface area contributed by atoms with Crippen LogP contribution in [-0.4, -0.2) is 87.4 Å². The molecule has 0 aliphatic rings. The van der Waals surface area contributed by atoms with Gasteiger partial charge in [-0.25, -0.2) is 4.79 Å². The van der Waals surface area contributed by atoms with Crippen LogP contribution >= 0.6 is 0 Å². The van der Waals surface area contributed by atoms with Crippen LogP contribution in [0, 0.1) is 0 Å². The van der Waals surface area contributed by atoms with Crippen LogP contribution in [0.5, 0.6) is 0 Å². The summed E-state index contributed by atoms with van der Waals surface area (Å²) in [4.78, 5) is 37.6. The lowest BCUT2D eigenvalue weighted by Gasteiger charge is -2.25. The molecule has 0 aromatic rings. The van der Waals surface area contributed by atoms with Gasteiger partial charge in [-0.05, 0) is 57.8 Å². The average molecular weight is 1180 g/mol. The second-order valence-corrected chi connectivity index (χ2v) is 25.5. The molecule has 0 saturated heterocycles. The fourth-order valence-corrected chi connectivity index (χ4v) is 10.6. The molecule has 0 spiro atoms. The number of carboxylic acid groups (broad SMARTS) is 1. The van der Waals surface area contributed by atoms with Crippen molar-refractivity contribution in [3.63, 3.8) is 0 Å². The minimum atomic E-state index is -1.52. The van der Waals surface area contributed by atoms with Crippen molar-refractivity contribution >= 4 is 17.9 Å². The number of carbonyl (C=O) groups excluding carboxylic acids is 2. The number of carboxylic acids is 1. The van der Waals surface area contributed by atoms with Crippen molar-refractivity contribution in [3.05, 3.63) is 60.8 Å². The van der Waals surface area contributed by atoms with E-state index in [4.69, 9.17) is 18.9 Å². The summed E-state index contributed by atoms with van der Waals surface area (Å²) < 4.78 is 23.0. The molecule has 2 atom stereocenters. The fraction of sp³-hybridized carbons (Fsp3) is 0.827. The van der Waals surface area contributed by atoms with Gasteiger partial charge >= 0.3 is 17.9 Å². The predicted molar refractivity (Wildman–Crippen MR) is 360 cm³/mol. The molecular formula is C75H138NO8+. The second kappa shape index (κ2) is 66.0. The summed E-state index contributed by atoms with van der Waals surface area (Å²) in [7, 11) is 5.98. The van der Waals surface area contributed by atoms with Crippen LogP contribution in [0.3, 0.4) is 0 Å². The minimum Gasteiger partial charge on any atom is -0.477 e. The van der Waals surface area contributed by atoms with Crippen LogP contribution in [0.1, 0.15) is 341 Å². The van der Waals surface area contributed by atoms with Crippen molar-refractivity contribution < 1.29 is 42.9 Å². The molecular weight excluding hydrogens is 1040 g/mol. The highest BCUT2D eigenvalue weighted by Gasteiger charge is 2.25. The molecule has 0 aromatic carbocycles. The topological polar surface area (TPSA) is 108 Å². The number of nitrogens with zero attached hydrogens (tertiary/aromatic N) is 1. The Morgan fingerprint density at radius 2 is 0.679 bits per heavy atom. The van der Waals surface area contributed by atoms with Gasteiger partial charge in [0.1, 0.15) is 13.2 Å². The molecule has 0 aliphatic carbocycles. The summed E-state index contributed by atoms with van der Waals surface area (Å²) in [6.07, 6.45) is 83.6. The molecule has 2 unspecified atom stereocenters. The first-order valence-corrected chi connectivity index (χ1v) is 36.0. The summed E-state index contributed by atoms with van der Waals surface area (Å²) in [6, 6.07) is 0. The van der Waals surface area contributed by atoms with Gasteiger partial charge in [-0.2, -0.15) is 0 Å². The quantitative estimate of drug-likeness (QED) is 0.0211. The zero-order valence-electron chi connectivity index (χ0n) is 56.1. The van der Waals surface area contributed by atoms with Gasteiger partial charge in [-0.3, -0.25) is 9.59 Å². The molecule has 0 bridgehead atoms. The number of likely N-dealkylation sites (N-methyl/N-ethyl adjacent to an activating group) is 1. The zero-order chi connectivity index (χ0) is 61.2. The third-order valence-electron chi connectivity index (χ3n) is 16.0. The number of ether oxygens (including phenoxy) is 4. The number of hydrogen-bond donors (Lipinski definition) is 1. The zero-order valence-corrected chi connectivity index (χ0v) is 56.1. The lowest BCUT2D eigenvalue weighted by Crippen LogP contribution is -2.40. The van der Waals surface area contributed by atoms with Gasteiger partial charge in [-0.1, -0.05) is 331 Å². The van der Waals surface area contributed by atoms with Crippen molar-refractivity contribution in [1.82, 2.24) is 0 Å². The number of unbranched alkanes of at least 4 members (excludes halogenated alkanes) is 42. The standard InChI is InChI=1S/C75H137NO8/c1-6-8-10-12-14-16-18-20-22-24-26-28-30-31-32-33-34-35-36-37-38-39-40-41-42-44-45-47-49-51-53-55-57-59-61-63-65-72(77)82-69-71(70-83-75(74(79)80)81-68-67-76(3,4)5)84-73(78)66-64-62-60-58-56-54-52-50-48-46-43-29-27-25-23-21-19-17-15-13-11-9-7-2/h9,11,15,17,21,23,27,29,46,48,71,75H,6-8,10,12-14,16,18-20,22,24-26,28,30-45,47,49-70H2,1-5H3/p+1/b11-9-,17-15-,23-21-,29-27-,48-46-. The summed E-state index contributed by atoms with van der Waals surface area (Å²) in [6.45, 7) is 4.80. The SMILES string of the molecule is CC/C=C\C/C=C\C/C=C\C/C=C\C/C=C\CCCCCCCCCC(=O)OC(COC(=O)CCCCCCCCCCCCCCCCCCCCCCCCCCCCCCCCCCCCCC)COC(OCC[N+](C)(C)C)C(=O)O. The van der Waals surface area contributed by atoms with Crippen LogP contribution < -0.4 is 0 Å². The Bertz CT molecular complexity index is 1560. The number of rotatable bonds is 67. The lowest BCUT2D eigenvalue weighted by molar-refractivity contribution is -0.870. The lowest BCUT2D eigenvalue weighted by atomic mass is 10.0. The molecule has 0 radical (unpaired) electrons. The van der Waals surface area contributed by atoms with E-state index in [0.717, 1.165) is 77.0 Å². The number of hydrogen-bond acceptors (Lipinski definition) is 7. The van der Waals surface area contributed by atoms with Gasteiger partial charge in [0.25, 0.3) is 6.29 Å². The predicted octanol–water partition coefficient (Wildman–Crippen LogP) is 22.3. The molecule has 84 heavy (non-hydrogen) atoms. The van der Waals surface area contributed by atoms with Crippen LogP contribution in [0.4, 0.5) is 0 Å². The van der Waals surface area contributed by atoms with Crippen molar-refractivity contribution in [1.29, 1.82) is 0 Å². The number of esters is 2. The number of quaternary nitrogens is 1. The average Bonchev–Trinajstić information content (AvgIpc) is 3.51. The van der Waals surface area contributed by atoms with Crippen molar-refractivity contribution in [2.45, 2.75) is 354 Å². The first-order chi connectivity index (χ1) is 41.1. The molecule has 0 rings (SSSR count). The minimum absolute atomic E-state index is 0.185. The molecule has 0 heterocycles. The van der Waals surface area contributed by atoms with Crippen LogP contribution in [0.15, 0.2) is 60.8 Å². The highest BCUT2D eigenvalue weighted by molar-refractivity contribution is 5.71. The summed E-state index contributed by atoms with van der Waals surface area (Å²) >= 11 is 0. The van der Waals surface area contributed by atoms with E-state index in [1.807, 2.05) is 21.1 Å². The van der Waals surface area contributed by atoms with Crippen molar-refractivity contribution in [2.24, 2.45) is 0 Å². The van der Waals surface area contributed by atoms with E-state index in [0.29, 0.717) is 23.9 Å². The Labute approximate surface area is 520 Å². The van der Waals surface area contributed by atoms with E-state index < -0.39 is 24.3 Å². The largest absolute Gasteiger partial charge is 0.477 e. The summed E-state index contributed by atoms with van der Waals surface area (Å²) in [5.41, 5.74) is 0. The molecule has 9 heteroatoms. The third-order valence-corrected chi connectivity index (χ3v) is 16.0. The van der Waals surface area contributed by atoms with Gasteiger partial charge in [0.05, 0.1) is 34.4 Å². The normalized spacial score (nSPS) is 13.0. The molecule has 0 saturated carbocycles. The molecule has 1 N–H and O–H groups in total. The van der Waals surface area contributed by atoms with E-state index in [9.17, 15) is 19.5 Å². The number of aliphatic carboxylic acids is 1. The van der Waals surface area contributed by atoms with Crippen LogP contribution in [-0.2, 0) is 33.3 Å². The van der Waals surface area contributed by atoms with E-state index in [2.05, 4.69) is 74.6 Å². The Balaban J connectivity index is 4.02. The highest BCUT2D eigenvalue weighted by Crippen LogP contribution is 2.19. The molecule has 0 aliphatic heterocycles. The fourth-order valence-electron chi connectivity index (χ4n) is 10.6. The molecule has 0 fully saturated rings. The van der Waals surface area contributed by atoms with Gasteiger partial charge in [0, 0.05) is 12.8 Å². The Hall–Kier alpha value is -3.01. The van der Waals surface area contributed by atoms with Crippen molar-refractivity contribution in [3.8, 4) is 0 Å². The van der Waals surface area contributed by atoms with Crippen LogP contribution in [0.2, 0.25) is 0 Å².